The number of halogens is 1. The average molecular weight is 250 g/mol. The van der Waals surface area contributed by atoms with E-state index in [2.05, 4.69) is 0 Å². The Morgan fingerprint density at radius 1 is 1.50 bits per heavy atom. The van der Waals surface area contributed by atoms with Gasteiger partial charge in [0.2, 0.25) is 5.95 Å². The predicted octanol–water partition coefficient (Wildman–Crippen LogP) is 1.66. The molecule has 0 saturated carbocycles. The maximum atomic E-state index is 13.6. The van der Waals surface area contributed by atoms with Crippen LogP contribution in [0.25, 0.3) is 0 Å². The fraction of sp³-hybridized carbons (Fsp3) is 0.417. The van der Waals surface area contributed by atoms with Gasteiger partial charge in [0.25, 0.3) is 0 Å². The van der Waals surface area contributed by atoms with Crippen molar-refractivity contribution in [1.29, 1.82) is 0 Å². The van der Waals surface area contributed by atoms with Gasteiger partial charge < -0.3 is 4.74 Å². The molecule has 0 aromatic carbocycles. The van der Waals surface area contributed by atoms with Gasteiger partial charge in [-0.2, -0.15) is 4.39 Å². The number of hydrogen-bond acceptors (Lipinski definition) is 4. The molecule has 96 valence electrons. The van der Waals surface area contributed by atoms with Gasteiger partial charge in [0.1, 0.15) is 7.85 Å². The first kappa shape index (κ1) is 14.5. The minimum Gasteiger partial charge on any atom is -0.463 e. The van der Waals surface area contributed by atoms with E-state index >= 15 is 0 Å². The van der Waals surface area contributed by atoms with Crippen LogP contribution in [0, 0.1) is 0 Å². The molecule has 1 aliphatic rings. The number of carbonyl (C=O) groups excluding carboxylic acids is 1. The van der Waals surface area contributed by atoms with E-state index in [9.17, 15) is 9.18 Å². The first-order valence-electron chi connectivity index (χ1n) is 5.81. The zero-order chi connectivity index (χ0) is 13.7. The third-order valence-corrected chi connectivity index (χ3v) is 2.46. The fourth-order valence-corrected chi connectivity index (χ4v) is 1.61. The van der Waals surface area contributed by atoms with Gasteiger partial charge in [0.05, 0.1) is 17.9 Å². The monoisotopic (exact) mass is 250 g/mol. The lowest BCUT2D eigenvalue weighted by Gasteiger charge is -2.24. The van der Waals surface area contributed by atoms with Gasteiger partial charge in [-0.3, -0.25) is 5.01 Å². The first-order valence-corrected chi connectivity index (χ1v) is 5.81. The number of ether oxygens (including phenoxy) is 1. The molecule has 1 heterocycles. The number of rotatable bonds is 4. The van der Waals surface area contributed by atoms with Gasteiger partial charge in [-0.15, -0.1) is 0 Å². The van der Waals surface area contributed by atoms with E-state index in [1.165, 1.54) is 12.2 Å². The number of nitrogens with zero attached hydrogens (tertiary/aromatic N) is 1. The van der Waals surface area contributed by atoms with E-state index in [1.54, 1.807) is 6.92 Å². The lowest BCUT2D eigenvalue weighted by atomic mass is 9.93. The highest BCUT2D eigenvalue weighted by atomic mass is 19.1. The molecule has 1 aliphatic heterocycles. The van der Waals surface area contributed by atoms with Crippen LogP contribution in [-0.2, 0) is 9.53 Å². The van der Waals surface area contributed by atoms with Crippen molar-refractivity contribution < 1.29 is 13.9 Å². The second-order valence-corrected chi connectivity index (χ2v) is 3.78. The van der Waals surface area contributed by atoms with E-state index in [4.69, 9.17) is 18.4 Å². The molecule has 0 atom stereocenters. The van der Waals surface area contributed by atoms with Crippen LogP contribution in [0.4, 0.5) is 4.39 Å². The lowest BCUT2D eigenvalue weighted by molar-refractivity contribution is -0.138. The molecule has 0 bridgehead atoms. The smallest absolute Gasteiger partial charge is 0.336 e. The largest absolute Gasteiger partial charge is 0.463 e. The lowest BCUT2D eigenvalue weighted by Crippen LogP contribution is -2.32. The molecule has 0 spiro atoms. The summed E-state index contributed by atoms with van der Waals surface area (Å²) in [6.45, 7) is 3.88. The molecule has 0 unspecified atom stereocenters. The Labute approximate surface area is 107 Å². The molecule has 0 amide bonds. The molecule has 0 fully saturated rings. The number of hydrogen-bond donors (Lipinski definition) is 1. The van der Waals surface area contributed by atoms with Crippen molar-refractivity contribution >= 4 is 13.8 Å². The van der Waals surface area contributed by atoms with Crippen LogP contribution < -0.4 is 5.84 Å². The molecular weight excluding hydrogens is 234 g/mol. The van der Waals surface area contributed by atoms with Crippen molar-refractivity contribution in [3.05, 3.63) is 34.8 Å². The standard InChI is InChI=1S/C12H16BFN2O2/c1-3-5-8(12(17)18-4-2)10-7-6-9(13)11(14)16(10)15/h6-7H,3-5,15H2,1-2H3/b10-8+. The van der Waals surface area contributed by atoms with E-state index in [1.807, 2.05) is 6.92 Å². The van der Waals surface area contributed by atoms with Crippen molar-refractivity contribution in [3.8, 4) is 0 Å². The van der Waals surface area contributed by atoms with Gasteiger partial charge in [-0.1, -0.05) is 19.4 Å². The minimum absolute atomic E-state index is 0.0686. The average Bonchev–Trinajstić information content (AvgIpc) is 2.34. The summed E-state index contributed by atoms with van der Waals surface area (Å²) in [6.07, 6.45) is 4.07. The van der Waals surface area contributed by atoms with Gasteiger partial charge in [-0.05, 0) is 24.9 Å². The van der Waals surface area contributed by atoms with Crippen molar-refractivity contribution in [2.75, 3.05) is 6.61 Å². The van der Waals surface area contributed by atoms with Crippen LogP contribution in [0.3, 0.4) is 0 Å². The summed E-state index contributed by atoms with van der Waals surface area (Å²) in [7, 11) is 5.40. The van der Waals surface area contributed by atoms with Crippen molar-refractivity contribution in [3.63, 3.8) is 0 Å². The minimum atomic E-state index is -0.773. The summed E-state index contributed by atoms with van der Waals surface area (Å²) in [5.74, 6) is 4.33. The molecular formula is C12H16BFN2O2. The number of hydrazine groups is 1. The Hall–Kier alpha value is -1.56. The Bertz CT molecular complexity index is 430. The molecule has 0 aliphatic carbocycles. The van der Waals surface area contributed by atoms with E-state index in [-0.39, 0.29) is 17.8 Å². The van der Waals surface area contributed by atoms with Gasteiger partial charge in [-0.25, -0.2) is 10.6 Å². The highest BCUT2D eigenvalue weighted by Crippen LogP contribution is 2.25. The Morgan fingerprint density at radius 3 is 2.72 bits per heavy atom. The van der Waals surface area contributed by atoms with Crippen LogP contribution in [0.15, 0.2) is 34.8 Å². The second-order valence-electron chi connectivity index (χ2n) is 3.78. The Morgan fingerprint density at radius 2 is 2.17 bits per heavy atom. The third kappa shape index (κ3) is 3.01. The third-order valence-electron chi connectivity index (χ3n) is 2.46. The van der Waals surface area contributed by atoms with Crippen molar-refractivity contribution in [1.82, 2.24) is 5.01 Å². The zero-order valence-corrected chi connectivity index (χ0v) is 10.6. The summed E-state index contributed by atoms with van der Waals surface area (Å²) in [5, 5.41) is 0.775. The molecule has 6 heteroatoms. The molecule has 2 radical (unpaired) electrons. The maximum absolute atomic E-state index is 13.6. The van der Waals surface area contributed by atoms with Crippen LogP contribution in [0.2, 0.25) is 0 Å². The summed E-state index contributed by atoms with van der Waals surface area (Å²) >= 11 is 0. The van der Waals surface area contributed by atoms with E-state index in [0.717, 1.165) is 11.4 Å². The molecule has 18 heavy (non-hydrogen) atoms. The predicted molar refractivity (Wildman–Crippen MR) is 67.6 cm³/mol. The SMILES string of the molecule is [B]C1=C(F)N(N)/C(=C(\CCC)C(=O)OCC)C=C1. The van der Waals surface area contributed by atoms with Gasteiger partial charge in [0, 0.05) is 0 Å². The summed E-state index contributed by atoms with van der Waals surface area (Å²) in [6, 6.07) is 0. The number of nitrogens with two attached hydrogens (primary N) is 1. The Balaban J connectivity index is 3.14. The van der Waals surface area contributed by atoms with Crippen molar-refractivity contribution in [2.24, 2.45) is 5.84 Å². The van der Waals surface area contributed by atoms with Gasteiger partial charge in [0.15, 0.2) is 0 Å². The molecule has 4 nitrogen and oxygen atoms in total. The zero-order valence-electron chi connectivity index (χ0n) is 10.6. The normalized spacial score (nSPS) is 18.1. The van der Waals surface area contributed by atoms with Crippen LogP contribution >= 0.6 is 0 Å². The first-order chi connectivity index (χ1) is 8.52. The summed E-state index contributed by atoms with van der Waals surface area (Å²) < 4.78 is 18.5. The number of esters is 1. The number of carbonyl (C=O) groups is 1. The maximum Gasteiger partial charge on any atom is 0.336 e. The molecule has 1 rings (SSSR count). The quantitative estimate of drug-likeness (QED) is 0.271. The van der Waals surface area contributed by atoms with E-state index < -0.39 is 11.9 Å². The molecule has 0 saturated heterocycles. The van der Waals surface area contributed by atoms with Crippen molar-refractivity contribution in [2.45, 2.75) is 26.7 Å². The summed E-state index contributed by atoms with van der Waals surface area (Å²) in [4.78, 5) is 11.8. The Kier molecular flexibility index (Phi) is 5.16. The summed E-state index contributed by atoms with van der Waals surface area (Å²) in [5.41, 5.74) is 0.559. The second kappa shape index (κ2) is 6.40. The molecule has 2 N–H and O–H groups in total. The molecule has 0 aromatic rings. The highest BCUT2D eigenvalue weighted by Gasteiger charge is 2.22. The number of allylic oxidation sites excluding steroid dienone is 3. The topological polar surface area (TPSA) is 55.6 Å². The van der Waals surface area contributed by atoms with Crippen LogP contribution in [0.5, 0.6) is 0 Å². The van der Waals surface area contributed by atoms with Crippen LogP contribution in [-0.4, -0.2) is 25.4 Å². The molecule has 0 aromatic heterocycles. The van der Waals surface area contributed by atoms with E-state index in [0.29, 0.717) is 12.0 Å². The fourth-order valence-electron chi connectivity index (χ4n) is 1.61. The van der Waals surface area contributed by atoms with Crippen LogP contribution in [0.1, 0.15) is 26.7 Å². The van der Waals surface area contributed by atoms with Gasteiger partial charge >= 0.3 is 5.97 Å². The highest BCUT2D eigenvalue weighted by molar-refractivity contribution is 6.23.